The number of nitrogens with one attached hydrogen (secondary N) is 1. The molecule has 1 N–H and O–H groups in total. The first-order chi connectivity index (χ1) is 18.2. The van der Waals surface area contributed by atoms with Gasteiger partial charge in [-0.2, -0.15) is 13.2 Å². The van der Waals surface area contributed by atoms with E-state index >= 15 is 0 Å². The van der Waals surface area contributed by atoms with Gasteiger partial charge in [0.15, 0.2) is 0 Å². The molecular formula is C28H29F3N4O2S. The van der Waals surface area contributed by atoms with Crippen molar-refractivity contribution in [2.75, 3.05) is 29.8 Å². The summed E-state index contributed by atoms with van der Waals surface area (Å²) in [5, 5.41) is 0.658. The van der Waals surface area contributed by atoms with Crippen molar-refractivity contribution in [3.8, 4) is 11.3 Å². The van der Waals surface area contributed by atoms with Crippen LogP contribution in [0.2, 0.25) is 0 Å². The van der Waals surface area contributed by atoms with E-state index in [1.165, 1.54) is 25.1 Å². The summed E-state index contributed by atoms with van der Waals surface area (Å²) >= 11 is 1.19. The summed E-state index contributed by atoms with van der Waals surface area (Å²) in [5.41, 5.74) is 0.137. The van der Waals surface area contributed by atoms with Crippen molar-refractivity contribution in [1.82, 2.24) is 9.97 Å². The fourth-order valence-corrected chi connectivity index (χ4v) is 5.44. The quantitative estimate of drug-likeness (QED) is 0.256. The maximum absolute atomic E-state index is 13.9. The molecule has 0 bridgehead atoms. The molecule has 3 heterocycles. The van der Waals surface area contributed by atoms with Gasteiger partial charge in [0.25, 0.3) is 0 Å². The van der Waals surface area contributed by atoms with Gasteiger partial charge in [-0.1, -0.05) is 30.3 Å². The van der Waals surface area contributed by atoms with Crippen LogP contribution in [-0.2, 0) is 15.7 Å². The number of ether oxygens (including phenoxy) is 1. The second-order valence-corrected chi connectivity index (χ2v) is 10.9. The summed E-state index contributed by atoms with van der Waals surface area (Å²) in [6, 6.07) is 15.3. The van der Waals surface area contributed by atoms with E-state index in [0.717, 1.165) is 30.3 Å². The summed E-state index contributed by atoms with van der Waals surface area (Å²) in [5.74, 6) is 1.19. The van der Waals surface area contributed by atoms with Crippen molar-refractivity contribution in [2.24, 2.45) is 5.41 Å². The molecule has 5 rings (SSSR count). The van der Waals surface area contributed by atoms with Gasteiger partial charge in [0.2, 0.25) is 0 Å². The maximum atomic E-state index is 13.9. The molecule has 1 saturated heterocycles. The third kappa shape index (κ3) is 5.60. The fourth-order valence-electron chi connectivity index (χ4n) is 4.83. The number of carbonyl (C=O) groups is 1. The lowest BCUT2D eigenvalue weighted by molar-refractivity contribution is -0.153. The van der Waals surface area contributed by atoms with Crippen LogP contribution in [0, 0.1) is 5.41 Å². The smallest absolute Gasteiger partial charge is 0.418 e. The second kappa shape index (κ2) is 10.5. The lowest BCUT2D eigenvalue weighted by Gasteiger charge is -2.37. The van der Waals surface area contributed by atoms with Gasteiger partial charge in [-0.25, -0.2) is 9.97 Å². The van der Waals surface area contributed by atoms with E-state index < -0.39 is 17.2 Å². The van der Waals surface area contributed by atoms with Crippen molar-refractivity contribution in [1.29, 1.82) is 0 Å². The number of methoxy groups -OCH3 is 1. The number of anilines is 2. The monoisotopic (exact) mass is 542 g/mol. The van der Waals surface area contributed by atoms with Crippen LogP contribution in [0.15, 0.2) is 59.6 Å². The van der Waals surface area contributed by atoms with Crippen LogP contribution in [0.5, 0.6) is 0 Å². The zero-order valence-electron chi connectivity index (χ0n) is 21.2. The van der Waals surface area contributed by atoms with Gasteiger partial charge in [0.1, 0.15) is 16.7 Å². The Labute approximate surface area is 224 Å². The van der Waals surface area contributed by atoms with Crippen molar-refractivity contribution < 1.29 is 22.7 Å². The molecule has 10 heteroatoms. The number of rotatable bonds is 7. The molecule has 2 fully saturated rings. The standard InChI is InChI=1S/C28H29F3N4O2S/c1-27(26(36)37-2)14-16-35(17-15-27)23-8-5-9-24(33-23)38-34-22-13-12-21(28(29,30)31)25(32-22)20-7-4-3-6-19(20)18-10-11-18/h3-9,12-13,18H,10-11,14-17H2,1-2H3,(H,32,34). The molecule has 0 atom stereocenters. The molecule has 1 saturated carbocycles. The number of carbonyl (C=O) groups excluding carboxylic acids is 1. The van der Waals surface area contributed by atoms with E-state index in [4.69, 9.17) is 9.72 Å². The number of alkyl halides is 3. The number of benzene rings is 1. The highest BCUT2D eigenvalue weighted by Crippen LogP contribution is 2.46. The van der Waals surface area contributed by atoms with Gasteiger partial charge in [-0.05, 0) is 68.4 Å². The first-order valence-electron chi connectivity index (χ1n) is 12.6. The fraction of sp³-hybridized carbons (Fsp3) is 0.393. The zero-order chi connectivity index (χ0) is 26.9. The van der Waals surface area contributed by atoms with Crippen LogP contribution in [0.25, 0.3) is 11.3 Å². The number of halogens is 3. The Morgan fingerprint density at radius 2 is 1.79 bits per heavy atom. The minimum Gasteiger partial charge on any atom is -0.469 e. The molecular weight excluding hydrogens is 513 g/mol. The molecule has 1 aromatic carbocycles. The Bertz CT molecular complexity index is 1320. The average molecular weight is 543 g/mol. The van der Waals surface area contributed by atoms with Crippen LogP contribution in [0.3, 0.4) is 0 Å². The highest BCUT2D eigenvalue weighted by atomic mass is 32.2. The minimum atomic E-state index is -4.51. The first kappa shape index (κ1) is 26.3. The number of esters is 1. The number of hydrogen-bond donors (Lipinski definition) is 1. The lowest BCUT2D eigenvalue weighted by atomic mass is 9.80. The molecule has 0 amide bonds. The van der Waals surface area contributed by atoms with Gasteiger partial charge in [0.05, 0.1) is 23.8 Å². The van der Waals surface area contributed by atoms with E-state index in [-0.39, 0.29) is 17.6 Å². The number of aromatic nitrogens is 2. The zero-order valence-corrected chi connectivity index (χ0v) is 22.0. The Balaban J connectivity index is 1.33. The normalized spacial score (nSPS) is 17.2. The Hall–Kier alpha value is -3.27. The molecule has 0 radical (unpaired) electrons. The van der Waals surface area contributed by atoms with E-state index in [0.29, 0.717) is 42.3 Å². The Morgan fingerprint density at radius 1 is 1.05 bits per heavy atom. The van der Waals surface area contributed by atoms with Crippen LogP contribution in [0.4, 0.5) is 24.8 Å². The number of nitrogens with zero attached hydrogens (tertiary/aromatic N) is 3. The summed E-state index contributed by atoms with van der Waals surface area (Å²) < 4.78 is 49.7. The van der Waals surface area contributed by atoms with Gasteiger partial charge in [-0.3, -0.25) is 4.79 Å². The summed E-state index contributed by atoms with van der Waals surface area (Å²) in [7, 11) is 1.41. The van der Waals surface area contributed by atoms with Crippen molar-refractivity contribution in [3.63, 3.8) is 0 Å². The number of pyridine rings is 2. The second-order valence-electron chi connectivity index (χ2n) is 10.0. The van der Waals surface area contributed by atoms with Gasteiger partial charge < -0.3 is 14.4 Å². The average Bonchev–Trinajstić information content (AvgIpc) is 3.77. The summed E-state index contributed by atoms with van der Waals surface area (Å²) in [6.45, 7) is 3.27. The highest BCUT2D eigenvalue weighted by molar-refractivity contribution is 8.00. The van der Waals surface area contributed by atoms with Crippen LogP contribution < -0.4 is 9.62 Å². The van der Waals surface area contributed by atoms with Gasteiger partial charge in [0, 0.05) is 30.6 Å². The molecule has 2 aliphatic rings. The topological polar surface area (TPSA) is 67.3 Å². The van der Waals surface area contributed by atoms with Crippen LogP contribution in [-0.4, -0.2) is 36.1 Å². The van der Waals surface area contributed by atoms with Gasteiger partial charge in [-0.15, -0.1) is 0 Å². The number of piperidine rings is 1. The molecule has 1 aliphatic heterocycles. The molecule has 38 heavy (non-hydrogen) atoms. The molecule has 0 unspecified atom stereocenters. The Kier molecular flexibility index (Phi) is 7.26. The van der Waals surface area contributed by atoms with E-state index in [1.54, 1.807) is 12.1 Å². The minimum absolute atomic E-state index is 0.0609. The summed E-state index contributed by atoms with van der Waals surface area (Å²) in [4.78, 5) is 23.4. The van der Waals surface area contributed by atoms with Crippen molar-refractivity contribution in [2.45, 2.75) is 49.7 Å². The Morgan fingerprint density at radius 3 is 2.47 bits per heavy atom. The lowest BCUT2D eigenvalue weighted by Crippen LogP contribution is -2.43. The SMILES string of the molecule is COC(=O)C1(C)CCN(c2cccc(SNc3ccc(C(F)(F)F)c(-c4ccccc4C4CC4)n3)n2)CC1. The van der Waals surface area contributed by atoms with Crippen LogP contribution in [0.1, 0.15) is 49.7 Å². The third-order valence-electron chi connectivity index (χ3n) is 7.27. The first-order valence-corrected chi connectivity index (χ1v) is 13.4. The molecule has 2 aromatic heterocycles. The largest absolute Gasteiger partial charge is 0.469 e. The summed E-state index contributed by atoms with van der Waals surface area (Å²) in [6.07, 6.45) is -1.23. The molecule has 1 aliphatic carbocycles. The molecule has 3 aromatic rings. The number of hydrogen-bond acceptors (Lipinski definition) is 7. The predicted molar refractivity (Wildman–Crippen MR) is 142 cm³/mol. The maximum Gasteiger partial charge on any atom is 0.418 e. The van der Waals surface area contributed by atoms with E-state index in [2.05, 4.69) is 14.6 Å². The van der Waals surface area contributed by atoms with Crippen molar-refractivity contribution in [3.05, 3.63) is 65.7 Å². The van der Waals surface area contributed by atoms with Gasteiger partial charge >= 0.3 is 12.1 Å². The van der Waals surface area contributed by atoms with Crippen LogP contribution >= 0.6 is 11.9 Å². The van der Waals surface area contributed by atoms with E-state index in [9.17, 15) is 18.0 Å². The van der Waals surface area contributed by atoms with Crippen molar-refractivity contribution >= 4 is 29.6 Å². The highest BCUT2D eigenvalue weighted by Gasteiger charge is 2.38. The predicted octanol–water partition coefficient (Wildman–Crippen LogP) is 6.94. The van der Waals surface area contributed by atoms with E-state index in [1.807, 2.05) is 37.3 Å². The molecule has 200 valence electrons. The molecule has 0 spiro atoms. The third-order valence-corrected chi connectivity index (χ3v) is 8.02. The molecule has 6 nitrogen and oxygen atoms in total.